The normalized spacial score (nSPS) is 9.76. The number of anilines is 1. The maximum Gasteiger partial charge on any atom is 0.239 e. The lowest BCUT2D eigenvalue weighted by Gasteiger charge is -2.10. The van der Waals surface area contributed by atoms with E-state index in [2.05, 4.69) is 10.6 Å². The highest BCUT2D eigenvalue weighted by atomic mass is 32.1. The molecule has 1 aromatic rings. The Hall–Kier alpha value is -1.62. The lowest BCUT2D eigenvalue weighted by atomic mass is 10.1. The number of benzene rings is 1. The number of thiocarbonyl (C=S) groups is 1. The molecule has 17 heavy (non-hydrogen) atoms. The first-order valence-electron chi connectivity index (χ1n) is 5.45. The third-order valence-electron chi connectivity index (χ3n) is 2.32. The van der Waals surface area contributed by atoms with Gasteiger partial charge in [-0.3, -0.25) is 4.79 Å². The van der Waals surface area contributed by atoms with Crippen molar-refractivity contribution >= 4 is 28.8 Å². The Bertz CT molecular complexity index is 432. The van der Waals surface area contributed by atoms with Gasteiger partial charge in [0.2, 0.25) is 5.91 Å². The minimum atomic E-state index is -0.0228. The fourth-order valence-electron chi connectivity index (χ4n) is 1.45. The Labute approximate surface area is 107 Å². The summed E-state index contributed by atoms with van der Waals surface area (Å²) >= 11 is 4.90. The number of nitrogens with one attached hydrogen (secondary N) is 2. The van der Waals surface area contributed by atoms with Crippen LogP contribution in [-0.4, -0.2) is 24.0 Å². The highest BCUT2D eigenvalue weighted by molar-refractivity contribution is 7.80. The van der Waals surface area contributed by atoms with E-state index in [1.54, 1.807) is 0 Å². The van der Waals surface area contributed by atoms with Crippen LogP contribution in [0.1, 0.15) is 18.1 Å². The van der Waals surface area contributed by atoms with E-state index in [9.17, 15) is 4.79 Å². The molecular weight excluding hydrogens is 234 g/mol. The first-order chi connectivity index (χ1) is 8.04. The molecule has 1 rings (SSSR count). The van der Waals surface area contributed by atoms with Crippen molar-refractivity contribution in [2.75, 3.05) is 18.4 Å². The smallest absolute Gasteiger partial charge is 0.239 e. The molecular formula is C12H17N3OS. The van der Waals surface area contributed by atoms with Gasteiger partial charge in [-0.05, 0) is 37.6 Å². The molecule has 4 N–H and O–H groups in total. The third kappa shape index (κ3) is 4.03. The fraction of sp³-hybridized carbons (Fsp3) is 0.333. The van der Waals surface area contributed by atoms with Crippen molar-refractivity contribution in [3.05, 3.63) is 29.3 Å². The minimum Gasteiger partial charge on any atom is -0.389 e. The molecule has 1 aromatic carbocycles. The molecule has 92 valence electrons. The van der Waals surface area contributed by atoms with E-state index >= 15 is 0 Å². The van der Waals surface area contributed by atoms with E-state index in [1.165, 1.54) is 0 Å². The van der Waals surface area contributed by atoms with Crippen molar-refractivity contribution in [2.45, 2.75) is 13.8 Å². The second kappa shape index (κ2) is 6.20. The molecule has 4 nitrogen and oxygen atoms in total. The topological polar surface area (TPSA) is 67.2 Å². The summed E-state index contributed by atoms with van der Waals surface area (Å²) in [4.78, 5) is 11.7. The third-order valence-corrected chi connectivity index (χ3v) is 2.56. The van der Waals surface area contributed by atoms with E-state index < -0.39 is 0 Å². The standard InChI is InChI=1S/C12H17N3OS/c1-3-14-11(16)7-15-10-5-4-9(12(13)17)6-8(10)2/h4-6,15H,3,7H2,1-2H3,(H2,13,17)(H,14,16). The van der Waals surface area contributed by atoms with E-state index in [1.807, 2.05) is 32.0 Å². The number of hydrogen-bond donors (Lipinski definition) is 3. The number of carbonyl (C=O) groups is 1. The van der Waals surface area contributed by atoms with Crippen LogP contribution in [0.5, 0.6) is 0 Å². The van der Waals surface area contributed by atoms with Gasteiger partial charge >= 0.3 is 0 Å². The minimum absolute atomic E-state index is 0.0228. The van der Waals surface area contributed by atoms with E-state index in [4.69, 9.17) is 18.0 Å². The summed E-state index contributed by atoms with van der Waals surface area (Å²) in [6.07, 6.45) is 0. The number of rotatable bonds is 5. The van der Waals surface area contributed by atoms with Crippen molar-refractivity contribution in [2.24, 2.45) is 5.73 Å². The zero-order valence-electron chi connectivity index (χ0n) is 10.0. The molecule has 0 fully saturated rings. The highest BCUT2D eigenvalue weighted by Crippen LogP contribution is 2.16. The second-order valence-electron chi connectivity index (χ2n) is 3.70. The lowest BCUT2D eigenvalue weighted by molar-refractivity contribution is -0.119. The van der Waals surface area contributed by atoms with Gasteiger partial charge in [-0.1, -0.05) is 12.2 Å². The molecule has 0 spiro atoms. The molecule has 0 aliphatic carbocycles. The Morgan fingerprint density at radius 3 is 2.71 bits per heavy atom. The Balaban J connectivity index is 2.66. The molecule has 0 aromatic heterocycles. The lowest BCUT2D eigenvalue weighted by Crippen LogP contribution is -2.29. The van der Waals surface area contributed by atoms with Gasteiger partial charge in [0.25, 0.3) is 0 Å². The summed E-state index contributed by atoms with van der Waals surface area (Å²) in [5.74, 6) is -0.0228. The summed E-state index contributed by atoms with van der Waals surface area (Å²) < 4.78 is 0. The fourth-order valence-corrected chi connectivity index (χ4v) is 1.58. The van der Waals surface area contributed by atoms with Crippen LogP contribution in [0.4, 0.5) is 5.69 Å². The van der Waals surface area contributed by atoms with Crippen LogP contribution in [0.2, 0.25) is 0 Å². The van der Waals surface area contributed by atoms with Crippen LogP contribution in [0.3, 0.4) is 0 Å². The molecule has 0 saturated heterocycles. The van der Waals surface area contributed by atoms with Crippen molar-refractivity contribution in [3.63, 3.8) is 0 Å². The molecule has 5 heteroatoms. The Kier molecular flexibility index (Phi) is 4.90. The van der Waals surface area contributed by atoms with Gasteiger partial charge < -0.3 is 16.4 Å². The van der Waals surface area contributed by atoms with Gasteiger partial charge in [-0.25, -0.2) is 0 Å². The summed E-state index contributed by atoms with van der Waals surface area (Å²) in [5.41, 5.74) is 8.30. The number of amides is 1. The van der Waals surface area contributed by atoms with Crippen molar-refractivity contribution < 1.29 is 4.79 Å². The predicted octanol–water partition coefficient (Wildman–Crippen LogP) is 1.18. The average molecular weight is 251 g/mol. The summed E-state index contributed by atoms with van der Waals surface area (Å²) in [7, 11) is 0. The van der Waals surface area contributed by atoms with Gasteiger partial charge in [0.05, 0.1) is 6.54 Å². The molecule has 0 atom stereocenters. The van der Waals surface area contributed by atoms with E-state index in [0.717, 1.165) is 16.8 Å². The maximum atomic E-state index is 11.3. The molecule has 1 amide bonds. The molecule has 0 saturated carbocycles. The first kappa shape index (κ1) is 13.4. The number of carbonyl (C=O) groups excluding carboxylic acids is 1. The highest BCUT2D eigenvalue weighted by Gasteiger charge is 2.03. The van der Waals surface area contributed by atoms with Crippen LogP contribution in [0.25, 0.3) is 0 Å². The van der Waals surface area contributed by atoms with E-state index in [-0.39, 0.29) is 12.5 Å². The monoisotopic (exact) mass is 251 g/mol. The van der Waals surface area contributed by atoms with Gasteiger partial charge in [-0.2, -0.15) is 0 Å². The van der Waals surface area contributed by atoms with Crippen LogP contribution in [0.15, 0.2) is 18.2 Å². The van der Waals surface area contributed by atoms with Crippen LogP contribution < -0.4 is 16.4 Å². The van der Waals surface area contributed by atoms with E-state index in [0.29, 0.717) is 11.5 Å². The molecule has 0 aliphatic heterocycles. The van der Waals surface area contributed by atoms with Crippen LogP contribution in [-0.2, 0) is 4.79 Å². The van der Waals surface area contributed by atoms with Crippen LogP contribution in [0, 0.1) is 6.92 Å². The van der Waals surface area contributed by atoms with Gasteiger partial charge in [0, 0.05) is 17.8 Å². The average Bonchev–Trinajstić information content (AvgIpc) is 2.27. The van der Waals surface area contributed by atoms with Crippen LogP contribution >= 0.6 is 12.2 Å². The van der Waals surface area contributed by atoms with Gasteiger partial charge in [0.15, 0.2) is 0 Å². The van der Waals surface area contributed by atoms with Gasteiger partial charge in [-0.15, -0.1) is 0 Å². The van der Waals surface area contributed by atoms with Crippen molar-refractivity contribution in [3.8, 4) is 0 Å². The zero-order chi connectivity index (χ0) is 12.8. The van der Waals surface area contributed by atoms with Crippen molar-refractivity contribution in [1.82, 2.24) is 5.32 Å². The number of aryl methyl sites for hydroxylation is 1. The summed E-state index contributed by atoms with van der Waals surface area (Å²) in [6.45, 7) is 4.74. The predicted molar refractivity (Wildman–Crippen MR) is 74.2 cm³/mol. The second-order valence-corrected chi connectivity index (χ2v) is 4.14. The SMILES string of the molecule is CCNC(=O)CNc1ccc(C(N)=S)cc1C. The number of hydrogen-bond acceptors (Lipinski definition) is 3. The molecule has 0 radical (unpaired) electrons. The molecule has 0 aliphatic rings. The van der Waals surface area contributed by atoms with Crippen molar-refractivity contribution in [1.29, 1.82) is 0 Å². The molecule has 0 bridgehead atoms. The Morgan fingerprint density at radius 1 is 1.47 bits per heavy atom. The number of likely N-dealkylation sites (N-methyl/N-ethyl adjacent to an activating group) is 1. The Morgan fingerprint density at radius 2 is 2.18 bits per heavy atom. The quantitative estimate of drug-likeness (QED) is 0.687. The summed E-state index contributed by atoms with van der Waals surface area (Å²) in [5, 5.41) is 5.79. The largest absolute Gasteiger partial charge is 0.389 e. The summed E-state index contributed by atoms with van der Waals surface area (Å²) in [6, 6.07) is 5.63. The first-order valence-corrected chi connectivity index (χ1v) is 5.86. The molecule has 0 unspecified atom stereocenters. The molecule has 0 heterocycles. The zero-order valence-corrected chi connectivity index (χ0v) is 10.9. The van der Waals surface area contributed by atoms with Gasteiger partial charge in [0.1, 0.15) is 4.99 Å². The maximum absolute atomic E-state index is 11.3. The number of nitrogens with two attached hydrogens (primary N) is 1.